The van der Waals surface area contributed by atoms with E-state index < -0.39 is 10.1 Å². The molecule has 0 aromatic carbocycles. The Labute approximate surface area is 85.2 Å². The third kappa shape index (κ3) is 4.36. The Kier molecular flexibility index (Phi) is 4.76. The highest BCUT2D eigenvalue weighted by Crippen LogP contribution is 2.10. The van der Waals surface area contributed by atoms with Gasteiger partial charge in [0.05, 0.1) is 35.3 Å². The average molecular weight is 217 g/mol. The van der Waals surface area contributed by atoms with Gasteiger partial charge in [-0.2, -0.15) is 0 Å². The van der Waals surface area contributed by atoms with Crippen molar-refractivity contribution in [3.63, 3.8) is 0 Å². The van der Waals surface area contributed by atoms with Crippen LogP contribution in [0.5, 0.6) is 0 Å². The molecule has 0 aliphatic rings. The van der Waals surface area contributed by atoms with E-state index in [1.54, 1.807) is 18.6 Å². The molecule has 4 nitrogen and oxygen atoms in total. The summed E-state index contributed by atoms with van der Waals surface area (Å²) >= 11 is 0. The molecule has 0 rings (SSSR count). The van der Waals surface area contributed by atoms with Gasteiger partial charge in [0.1, 0.15) is 0 Å². The van der Waals surface area contributed by atoms with Gasteiger partial charge in [-0.25, -0.2) is 12.9 Å². The van der Waals surface area contributed by atoms with Crippen LogP contribution in [-0.4, -0.2) is 29.8 Å². The second-order valence-electron chi connectivity index (χ2n) is 2.88. The van der Waals surface area contributed by atoms with Gasteiger partial charge in [0, 0.05) is 12.2 Å². The maximum absolute atomic E-state index is 10.3. The summed E-state index contributed by atoms with van der Waals surface area (Å²) in [6.07, 6.45) is 5.00. The molecule has 0 heterocycles. The van der Waals surface area contributed by atoms with E-state index in [2.05, 4.69) is 19.7 Å². The van der Waals surface area contributed by atoms with E-state index in [0.29, 0.717) is 6.54 Å². The fourth-order valence-corrected chi connectivity index (χ4v) is 1.50. The minimum Gasteiger partial charge on any atom is -0.748 e. The van der Waals surface area contributed by atoms with Crippen LogP contribution in [0.1, 0.15) is 6.42 Å². The molecule has 14 heavy (non-hydrogen) atoms. The van der Waals surface area contributed by atoms with E-state index in [-0.39, 0.29) is 16.7 Å². The summed E-state index contributed by atoms with van der Waals surface area (Å²) in [5, 5.41) is 0. The van der Waals surface area contributed by atoms with Gasteiger partial charge in [0.2, 0.25) is 0 Å². The first-order chi connectivity index (χ1) is 6.39. The van der Waals surface area contributed by atoms with Crippen LogP contribution >= 0.6 is 0 Å². The summed E-state index contributed by atoms with van der Waals surface area (Å²) in [6.45, 7) is 11.2. The van der Waals surface area contributed by atoms with Crippen LogP contribution in [0.15, 0.2) is 38.3 Å². The molecule has 80 valence electrons. The Balaban J connectivity index is 4.28. The van der Waals surface area contributed by atoms with Crippen LogP contribution in [0.2, 0.25) is 0 Å². The lowest BCUT2D eigenvalue weighted by Gasteiger charge is -2.25. The average Bonchev–Trinajstić information content (AvgIpc) is 2.11. The summed E-state index contributed by atoms with van der Waals surface area (Å²) < 4.78 is 31.2. The Morgan fingerprint density at radius 2 is 1.57 bits per heavy atom. The van der Waals surface area contributed by atoms with Gasteiger partial charge in [-0.1, -0.05) is 0 Å². The molecule has 0 unspecified atom stereocenters. The molecule has 0 fully saturated rings. The summed E-state index contributed by atoms with van der Waals surface area (Å²) in [6, 6.07) is 0. The van der Waals surface area contributed by atoms with E-state index in [9.17, 15) is 13.0 Å². The number of nitrogens with zero attached hydrogens (tertiary/aromatic N) is 1. The molecule has 0 aliphatic carbocycles. The number of quaternary nitrogens is 1. The fourth-order valence-electron chi connectivity index (χ4n) is 1.01. The zero-order valence-corrected chi connectivity index (χ0v) is 8.87. The first-order valence-electron chi connectivity index (χ1n) is 4.10. The highest BCUT2D eigenvalue weighted by Gasteiger charge is 2.15. The van der Waals surface area contributed by atoms with Gasteiger partial charge in [0.15, 0.2) is 0 Å². The quantitative estimate of drug-likeness (QED) is 0.475. The fraction of sp³-hybridized carbons (Fsp3) is 0.333. The van der Waals surface area contributed by atoms with Crippen LogP contribution < -0.4 is 0 Å². The van der Waals surface area contributed by atoms with E-state index >= 15 is 0 Å². The first-order valence-corrected chi connectivity index (χ1v) is 5.68. The topological polar surface area (TPSA) is 57.2 Å². The minimum absolute atomic E-state index is 0.190. The van der Waals surface area contributed by atoms with Gasteiger partial charge in [0.25, 0.3) is 0 Å². The summed E-state index contributed by atoms with van der Waals surface area (Å²) in [7, 11) is -4.13. The Morgan fingerprint density at radius 3 is 1.86 bits per heavy atom. The van der Waals surface area contributed by atoms with Crippen LogP contribution in [0.4, 0.5) is 0 Å². The van der Waals surface area contributed by atoms with E-state index in [1.807, 2.05) is 0 Å². The standard InChI is InChI=1S/C9H15NO3S/c1-4-10(5-2,6-3)8-7-9-14(11,12)13/h4-6H,1-3,7-9H2. The number of rotatable bonds is 7. The molecular formula is C9H15NO3S. The van der Waals surface area contributed by atoms with Gasteiger partial charge < -0.3 is 4.55 Å². The molecule has 0 aromatic heterocycles. The molecule has 5 heteroatoms. The second-order valence-corrected chi connectivity index (χ2v) is 4.41. The monoisotopic (exact) mass is 217 g/mol. The van der Waals surface area contributed by atoms with Gasteiger partial charge in [-0.05, 0) is 19.7 Å². The number of hydrogen-bond acceptors (Lipinski definition) is 3. The molecular weight excluding hydrogens is 202 g/mol. The molecule has 0 bridgehead atoms. The molecule has 0 aromatic rings. The molecule has 0 saturated carbocycles. The SMILES string of the molecule is C=C[N+](C=C)(C=C)CCCS(=O)(=O)[O-]. The molecule has 0 atom stereocenters. The lowest BCUT2D eigenvalue weighted by molar-refractivity contribution is -0.772. The molecule has 0 radical (unpaired) electrons. The van der Waals surface area contributed by atoms with Crippen molar-refractivity contribution in [3.05, 3.63) is 38.3 Å². The van der Waals surface area contributed by atoms with Crippen molar-refractivity contribution in [1.29, 1.82) is 0 Å². The van der Waals surface area contributed by atoms with Crippen LogP contribution in [-0.2, 0) is 10.1 Å². The highest BCUT2D eigenvalue weighted by atomic mass is 32.2. The molecule has 0 spiro atoms. The number of hydrogen-bond donors (Lipinski definition) is 0. The van der Waals surface area contributed by atoms with Crippen LogP contribution in [0.25, 0.3) is 0 Å². The summed E-state index contributed by atoms with van der Waals surface area (Å²) in [5.41, 5.74) is 0. The summed E-state index contributed by atoms with van der Waals surface area (Å²) in [5.74, 6) is -0.373. The lowest BCUT2D eigenvalue weighted by Crippen LogP contribution is -2.31. The van der Waals surface area contributed by atoms with Crippen LogP contribution in [0, 0.1) is 0 Å². The lowest BCUT2D eigenvalue weighted by atomic mass is 10.4. The van der Waals surface area contributed by atoms with Crippen molar-refractivity contribution in [2.75, 3.05) is 12.3 Å². The predicted molar refractivity (Wildman–Crippen MR) is 54.9 cm³/mol. The second kappa shape index (κ2) is 5.09. The van der Waals surface area contributed by atoms with Crippen molar-refractivity contribution in [1.82, 2.24) is 0 Å². The van der Waals surface area contributed by atoms with Crippen molar-refractivity contribution >= 4 is 10.1 Å². The third-order valence-electron chi connectivity index (χ3n) is 1.96. The maximum atomic E-state index is 10.3. The third-order valence-corrected chi connectivity index (χ3v) is 2.75. The first kappa shape index (κ1) is 13.1. The van der Waals surface area contributed by atoms with Gasteiger partial charge >= 0.3 is 0 Å². The molecule has 0 N–H and O–H groups in total. The van der Waals surface area contributed by atoms with Crippen molar-refractivity contribution in [3.8, 4) is 0 Å². The van der Waals surface area contributed by atoms with E-state index in [0.717, 1.165) is 0 Å². The maximum Gasteiger partial charge on any atom is 0.0977 e. The Hall–Kier alpha value is -0.910. The van der Waals surface area contributed by atoms with E-state index in [4.69, 9.17) is 0 Å². The Bertz CT molecular complexity index is 297. The smallest absolute Gasteiger partial charge is 0.0977 e. The minimum atomic E-state index is -4.13. The van der Waals surface area contributed by atoms with Gasteiger partial charge in [-0.3, -0.25) is 0 Å². The summed E-state index contributed by atoms with van der Waals surface area (Å²) in [4.78, 5) is 0. The highest BCUT2D eigenvalue weighted by molar-refractivity contribution is 7.85. The zero-order valence-electron chi connectivity index (χ0n) is 8.05. The van der Waals surface area contributed by atoms with E-state index in [1.165, 1.54) is 0 Å². The van der Waals surface area contributed by atoms with Crippen molar-refractivity contribution in [2.24, 2.45) is 0 Å². The molecule has 0 amide bonds. The predicted octanol–water partition coefficient (Wildman–Crippen LogP) is 1.17. The molecule has 0 saturated heterocycles. The van der Waals surface area contributed by atoms with Crippen molar-refractivity contribution in [2.45, 2.75) is 6.42 Å². The Morgan fingerprint density at radius 1 is 1.14 bits per heavy atom. The van der Waals surface area contributed by atoms with Gasteiger partial charge in [-0.15, -0.1) is 0 Å². The zero-order chi connectivity index (χ0) is 11.2. The normalized spacial score (nSPS) is 12.1. The van der Waals surface area contributed by atoms with Crippen LogP contribution in [0.3, 0.4) is 0 Å². The molecule has 0 aliphatic heterocycles. The van der Waals surface area contributed by atoms with Crippen molar-refractivity contribution < 1.29 is 17.5 Å². The largest absolute Gasteiger partial charge is 0.748 e.